The first kappa shape index (κ1) is 23.9. The van der Waals surface area contributed by atoms with Crippen LogP contribution >= 0.6 is 0 Å². The summed E-state index contributed by atoms with van der Waals surface area (Å²) in [5.74, 6) is -1.18. The van der Waals surface area contributed by atoms with E-state index in [2.05, 4.69) is 0 Å². The molecular weight excluding hydrogens is 468 g/mol. The zero-order valence-electron chi connectivity index (χ0n) is 20.4. The van der Waals surface area contributed by atoms with Gasteiger partial charge in [0.25, 0.3) is 0 Å². The average Bonchev–Trinajstić information content (AvgIpc) is 2.95. The highest BCUT2D eigenvalue weighted by molar-refractivity contribution is 6.03. The largest absolute Gasteiger partial charge is 0.489 e. The second-order valence-corrected chi connectivity index (χ2v) is 8.41. The van der Waals surface area contributed by atoms with E-state index < -0.39 is 17.9 Å². The van der Waals surface area contributed by atoms with E-state index in [-0.39, 0.29) is 6.61 Å². The van der Waals surface area contributed by atoms with Crippen LogP contribution in [0.1, 0.15) is 33.0 Å². The molecule has 1 unspecified atom stereocenters. The van der Waals surface area contributed by atoms with E-state index in [1.807, 2.05) is 66.7 Å². The topological polar surface area (TPSA) is 87.6 Å². The number of benzene rings is 4. The molecule has 0 N–H and O–H groups in total. The van der Waals surface area contributed by atoms with E-state index in [1.54, 1.807) is 24.3 Å². The third-order valence-electron chi connectivity index (χ3n) is 6.12. The molecule has 0 fully saturated rings. The van der Waals surface area contributed by atoms with E-state index in [4.69, 9.17) is 24.2 Å². The molecule has 7 nitrogen and oxygen atoms in total. The maximum atomic E-state index is 13.1. The Kier molecular flexibility index (Phi) is 6.76. The molecule has 0 aliphatic rings. The van der Waals surface area contributed by atoms with Gasteiger partial charge in [-0.15, -0.1) is 0 Å². The number of esters is 2. The average molecular weight is 493 g/mol. The molecule has 0 aliphatic heterocycles. The van der Waals surface area contributed by atoms with Crippen molar-refractivity contribution in [1.29, 1.82) is 0 Å². The van der Waals surface area contributed by atoms with Gasteiger partial charge in [0, 0.05) is 11.6 Å². The molecule has 0 saturated carbocycles. The lowest BCUT2D eigenvalue weighted by Crippen LogP contribution is -2.17. The maximum absolute atomic E-state index is 13.1. The smallest absolute Gasteiger partial charge is 0.340 e. The van der Waals surface area contributed by atoms with Crippen LogP contribution in [0, 0.1) is 0 Å². The Balaban J connectivity index is 1.72. The number of hydrogen-bond acceptors (Lipinski definition) is 7. The van der Waals surface area contributed by atoms with Gasteiger partial charge < -0.3 is 14.2 Å². The molecule has 1 aromatic heterocycles. The normalized spacial score (nSPS) is 11.7. The van der Waals surface area contributed by atoms with Gasteiger partial charge in [-0.05, 0) is 29.3 Å². The van der Waals surface area contributed by atoms with Crippen LogP contribution in [-0.4, -0.2) is 36.1 Å². The Morgan fingerprint density at radius 3 is 2.16 bits per heavy atom. The molecule has 5 aromatic rings. The molecule has 7 heteroatoms. The lowest BCUT2D eigenvalue weighted by Gasteiger charge is -2.20. The Hall–Kier alpha value is -4.78. The monoisotopic (exact) mass is 492 g/mol. The number of ether oxygens (including phenoxy) is 3. The molecule has 0 bridgehead atoms. The molecule has 0 saturated heterocycles. The quantitative estimate of drug-likeness (QED) is 0.220. The highest BCUT2D eigenvalue weighted by Crippen LogP contribution is 2.36. The van der Waals surface area contributed by atoms with Gasteiger partial charge in [0.15, 0.2) is 0 Å². The summed E-state index contributed by atoms with van der Waals surface area (Å²) in [6, 6.07) is 27.9. The van der Waals surface area contributed by atoms with Crippen molar-refractivity contribution in [3.63, 3.8) is 0 Å². The highest BCUT2D eigenvalue weighted by atomic mass is 16.5. The van der Waals surface area contributed by atoms with Crippen molar-refractivity contribution in [2.45, 2.75) is 12.5 Å². The lowest BCUT2D eigenvalue weighted by molar-refractivity contribution is -0.141. The number of fused-ring (bicyclic) bond motifs is 2. The number of carbonyl (C=O) groups is 2. The number of para-hydroxylation sites is 1. The van der Waals surface area contributed by atoms with Gasteiger partial charge in [0.2, 0.25) is 0 Å². The van der Waals surface area contributed by atoms with Gasteiger partial charge in [-0.1, -0.05) is 66.7 Å². The molecule has 0 aliphatic carbocycles. The van der Waals surface area contributed by atoms with Crippen LogP contribution in [0.2, 0.25) is 0 Å². The van der Waals surface area contributed by atoms with Crippen LogP contribution in [-0.2, 0) is 20.9 Å². The minimum absolute atomic E-state index is 0.288. The first-order valence-corrected chi connectivity index (χ1v) is 11.7. The van der Waals surface area contributed by atoms with Crippen molar-refractivity contribution >= 4 is 34.0 Å². The number of aromatic nitrogens is 2. The second-order valence-electron chi connectivity index (χ2n) is 8.41. The number of methoxy groups -OCH3 is 2. The zero-order valence-corrected chi connectivity index (χ0v) is 20.4. The molecule has 0 amide bonds. The van der Waals surface area contributed by atoms with Gasteiger partial charge in [-0.2, -0.15) is 0 Å². The zero-order chi connectivity index (χ0) is 25.8. The summed E-state index contributed by atoms with van der Waals surface area (Å²) in [5.41, 5.74) is 4.71. The first-order chi connectivity index (χ1) is 18.1. The number of carbonyl (C=O) groups excluding carboxylic acids is 2. The lowest BCUT2D eigenvalue weighted by atomic mass is 9.90. The van der Waals surface area contributed by atoms with Gasteiger partial charge >= 0.3 is 11.9 Å². The Bertz CT molecular complexity index is 1590. The molecule has 4 aromatic carbocycles. The SMILES string of the molecule is COC(=O)c1cccc2nc3cc(C(C(=O)OC)c4ccccc4)c(OCc4ccccc4)cc3nc12. The molecular formula is C30H24N2O5. The van der Waals surface area contributed by atoms with Gasteiger partial charge in [0.05, 0.1) is 36.3 Å². The van der Waals surface area contributed by atoms with Crippen molar-refractivity contribution in [2.24, 2.45) is 0 Å². The molecule has 1 atom stereocenters. The highest BCUT2D eigenvalue weighted by Gasteiger charge is 2.28. The third kappa shape index (κ3) is 4.84. The summed E-state index contributed by atoms with van der Waals surface area (Å²) < 4.78 is 16.4. The van der Waals surface area contributed by atoms with Gasteiger partial charge in [-0.3, -0.25) is 4.79 Å². The summed E-state index contributed by atoms with van der Waals surface area (Å²) >= 11 is 0. The summed E-state index contributed by atoms with van der Waals surface area (Å²) in [4.78, 5) is 34.9. The summed E-state index contributed by atoms with van der Waals surface area (Å²) in [5, 5.41) is 0. The minimum atomic E-state index is -0.736. The fourth-order valence-electron chi connectivity index (χ4n) is 4.31. The number of rotatable bonds is 7. The van der Waals surface area contributed by atoms with E-state index in [9.17, 15) is 9.59 Å². The van der Waals surface area contributed by atoms with Crippen molar-refractivity contribution in [1.82, 2.24) is 9.97 Å². The predicted molar refractivity (Wildman–Crippen MR) is 139 cm³/mol. The third-order valence-corrected chi connectivity index (χ3v) is 6.12. The van der Waals surface area contributed by atoms with Crippen LogP contribution in [0.3, 0.4) is 0 Å². The van der Waals surface area contributed by atoms with E-state index >= 15 is 0 Å². The number of hydrogen-bond donors (Lipinski definition) is 0. The maximum Gasteiger partial charge on any atom is 0.340 e. The van der Waals surface area contributed by atoms with E-state index in [0.29, 0.717) is 38.9 Å². The Labute approximate surface area is 213 Å². The van der Waals surface area contributed by atoms with Crippen molar-refractivity contribution in [3.05, 3.63) is 113 Å². The predicted octanol–water partition coefficient (Wildman–Crippen LogP) is 5.45. The van der Waals surface area contributed by atoms with E-state index in [0.717, 1.165) is 11.1 Å². The first-order valence-electron chi connectivity index (χ1n) is 11.7. The minimum Gasteiger partial charge on any atom is -0.489 e. The fraction of sp³-hybridized carbons (Fsp3) is 0.133. The molecule has 0 spiro atoms. The summed E-state index contributed by atoms with van der Waals surface area (Å²) in [6.45, 7) is 0.288. The summed E-state index contributed by atoms with van der Waals surface area (Å²) in [7, 11) is 2.69. The van der Waals surface area contributed by atoms with E-state index in [1.165, 1.54) is 14.2 Å². The van der Waals surface area contributed by atoms with Crippen LogP contribution < -0.4 is 4.74 Å². The molecule has 184 valence electrons. The van der Waals surface area contributed by atoms with Crippen LogP contribution in [0.15, 0.2) is 91.0 Å². The Morgan fingerprint density at radius 1 is 0.757 bits per heavy atom. The van der Waals surface area contributed by atoms with Crippen LogP contribution in [0.5, 0.6) is 5.75 Å². The van der Waals surface area contributed by atoms with Crippen LogP contribution in [0.4, 0.5) is 0 Å². The van der Waals surface area contributed by atoms with Crippen molar-refractivity contribution in [2.75, 3.05) is 14.2 Å². The summed E-state index contributed by atoms with van der Waals surface area (Å²) in [6.07, 6.45) is 0. The number of nitrogens with zero attached hydrogens (tertiary/aromatic N) is 2. The standard InChI is InChI=1S/C30H24N2O5/c1-35-29(33)21-14-9-15-23-28(21)32-25-17-26(37-18-19-10-5-3-6-11-19)22(16-24(25)31-23)27(30(34)36-2)20-12-7-4-8-13-20/h3-17,27H,18H2,1-2H3. The second kappa shape index (κ2) is 10.5. The van der Waals surface area contributed by atoms with Crippen molar-refractivity contribution < 1.29 is 23.8 Å². The molecule has 5 rings (SSSR count). The molecule has 1 heterocycles. The fourth-order valence-corrected chi connectivity index (χ4v) is 4.31. The Morgan fingerprint density at radius 2 is 1.46 bits per heavy atom. The molecule has 37 heavy (non-hydrogen) atoms. The van der Waals surface area contributed by atoms with Gasteiger partial charge in [-0.25, -0.2) is 14.8 Å². The van der Waals surface area contributed by atoms with Crippen LogP contribution in [0.25, 0.3) is 22.1 Å². The van der Waals surface area contributed by atoms with Crippen molar-refractivity contribution in [3.8, 4) is 5.75 Å². The molecule has 0 radical (unpaired) electrons. The van der Waals surface area contributed by atoms with Gasteiger partial charge in [0.1, 0.15) is 23.8 Å².